The van der Waals surface area contributed by atoms with Crippen LogP contribution in [0.4, 0.5) is 0 Å². The van der Waals surface area contributed by atoms with Crippen LogP contribution in [0.5, 0.6) is 0 Å². The van der Waals surface area contributed by atoms with Crippen LogP contribution >= 0.6 is 0 Å². The Balaban J connectivity index is 1.67. The average molecular weight is 392 g/mol. The Morgan fingerprint density at radius 2 is 1.97 bits per heavy atom. The van der Waals surface area contributed by atoms with Crippen molar-refractivity contribution in [2.75, 3.05) is 13.2 Å². The minimum Gasteiger partial charge on any atom is -0.466 e. The van der Waals surface area contributed by atoms with E-state index in [1.54, 1.807) is 0 Å². The van der Waals surface area contributed by atoms with Gasteiger partial charge in [-0.05, 0) is 49.3 Å². The Kier molecular flexibility index (Phi) is 5.70. The summed E-state index contributed by atoms with van der Waals surface area (Å²) in [5.74, 6) is 0.116. The molecule has 1 aliphatic carbocycles. The molecule has 0 spiro atoms. The first-order valence-electron chi connectivity index (χ1n) is 10.6. The summed E-state index contributed by atoms with van der Waals surface area (Å²) in [4.78, 5) is 27.9. The monoisotopic (exact) mass is 391 g/mol. The van der Waals surface area contributed by atoms with Crippen molar-refractivity contribution in [1.82, 2.24) is 4.90 Å². The number of likely N-dealkylation sites (tertiary alicyclic amines) is 1. The fourth-order valence-electron chi connectivity index (χ4n) is 5.03. The van der Waals surface area contributed by atoms with Gasteiger partial charge in [0.25, 0.3) is 0 Å². The number of hydrogen-bond donors (Lipinski definition) is 0. The van der Waals surface area contributed by atoms with E-state index >= 15 is 0 Å². The highest BCUT2D eigenvalue weighted by atomic mass is 16.5. The van der Waals surface area contributed by atoms with Crippen LogP contribution in [0.25, 0.3) is 0 Å². The first kappa shape index (κ1) is 19.7. The van der Waals surface area contributed by atoms with E-state index in [1.807, 2.05) is 30.0 Å². The fourth-order valence-corrected chi connectivity index (χ4v) is 5.03. The molecule has 152 valence electrons. The van der Waals surface area contributed by atoms with Crippen molar-refractivity contribution in [3.63, 3.8) is 0 Å². The third-order valence-corrected chi connectivity index (χ3v) is 6.30. The number of fused-ring (bicyclic) bond motifs is 3. The van der Waals surface area contributed by atoms with E-state index in [1.165, 1.54) is 16.7 Å². The van der Waals surface area contributed by atoms with Gasteiger partial charge in [-0.1, -0.05) is 54.1 Å². The fraction of sp³-hybridized carbons (Fsp3) is 0.440. The Labute approximate surface area is 172 Å². The Hall–Kier alpha value is -2.62. The molecule has 2 bridgehead atoms. The molecule has 1 amide bonds. The Morgan fingerprint density at radius 3 is 2.72 bits per heavy atom. The maximum atomic E-state index is 13.5. The zero-order valence-electron chi connectivity index (χ0n) is 17.3. The number of aryl methyl sites for hydroxylation is 1. The third-order valence-electron chi connectivity index (χ3n) is 6.30. The maximum Gasteiger partial charge on any atom is 0.306 e. The molecule has 0 unspecified atom stereocenters. The van der Waals surface area contributed by atoms with Gasteiger partial charge in [-0.2, -0.15) is 0 Å². The number of hydrogen-bond acceptors (Lipinski definition) is 3. The lowest BCUT2D eigenvalue weighted by Gasteiger charge is -2.38. The lowest BCUT2D eigenvalue weighted by Crippen LogP contribution is -2.46. The van der Waals surface area contributed by atoms with E-state index in [9.17, 15) is 9.59 Å². The van der Waals surface area contributed by atoms with Gasteiger partial charge in [0.05, 0.1) is 13.0 Å². The van der Waals surface area contributed by atoms with Crippen molar-refractivity contribution in [2.24, 2.45) is 11.8 Å². The topological polar surface area (TPSA) is 46.6 Å². The summed E-state index contributed by atoms with van der Waals surface area (Å²) in [5, 5.41) is 0. The molecule has 1 fully saturated rings. The number of carbonyl (C=O) groups is 2. The second kappa shape index (κ2) is 8.40. The summed E-state index contributed by atoms with van der Waals surface area (Å²) in [6.07, 6.45) is 2.08. The molecular formula is C25H29NO3. The van der Waals surface area contributed by atoms with Crippen molar-refractivity contribution >= 4 is 11.9 Å². The number of nitrogens with zero attached hydrogens (tertiary/aromatic N) is 1. The molecule has 0 aromatic heterocycles. The molecule has 4 rings (SSSR count). The molecule has 2 aromatic rings. The number of piperidine rings is 1. The summed E-state index contributed by atoms with van der Waals surface area (Å²) in [6.45, 7) is 5.68. The highest BCUT2D eigenvalue weighted by molar-refractivity contribution is 5.82. The second-order valence-corrected chi connectivity index (χ2v) is 8.43. The molecular weight excluding hydrogens is 362 g/mol. The summed E-state index contributed by atoms with van der Waals surface area (Å²) in [6, 6.07) is 16.7. The molecule has 1 heterocycles. The van der Waals surface area contributed by atoms with Crippen molar-refractivity contribution in [2.45, 2.75) is 45.6 Å². The van der Waals surface area contributed by atoms with Crippen molar-refractivity contribution in [3.05, 3.63) is 70.8 Å². The molecule has 2 aliphatic rings. The smallest absolute Gasteiger partial charge is 0.306 e. The van der Waals surface area contributed by atoms with Gasteiger partial charge in [0, 0.05) is 24.9 Å². The number of rotatable bonds is 5. The number of benzene rings is 2. The van der Waals surface area contributed by atoms with E-state index in [2.05, 4.69) is 37.3 Å². The maximum absolute atomic E-state index is 13.5. The van der Waals surface area contributed by atoms with Crippen LogP contribution in [0.15, 0.2) is 48.5 Å². The molecule has 3 atom stereocenters. The summed E-state index contributed by atoms with van der Waals surface area (Å²) >= 11 is 0. The van der Waals surface area contributed by atoms with Gasteiger partial charge in [-0.25, -0.2) is 0 Å². The van der Waals surface area contributed by atoms with Gasteiger partial charge in [0.15, 0.2) is 0 Å². The molecule has 4 nitrogen and oxygen atoms in total. The van der Waals surface area contributed by atoms with Crippen LogP contribution in [-0.4, -0.2) is 29.9 Å². The lowest BCUT2D eigenvalue weighted by atomic mass is 9.77. The van der Waals surface area contributed by atoms with Gasteiger partial charge >= 0.3 is 5.97 Å². The van der Waals surface area contributed by atoms with Gasteiger partial charge in [-0.3, -0.25) is 9.59 Å². The SMILES string of the molecule is CCOC(=O)C[C@H]1c2cc(C)ccc2C[C@@H]2C[C@H]1C(=O)N(Cc1ccccc1)C2. The summed E-state index contributed by atoms with van der Waals surface area (Å²) < 4.78 is 5.26. The largest absolute Gasteiger partial charge is 0.466 e. The number of ether oxygens (including phenoxy) is 1. The van der Waals surface area contributed by atoms with E-state index in [4.69, 9.17) is 4.74 Å². The predicted octanol–water partition coefficient (Wildman–Crippen LogP) is 4.25. The number of amides is 1. The predicted molar refractivity (Wildman–Crippen MR) is 112 cm³/mol. The van der Waals surface area contributed by atoms with E-state index in [0.717, 1.165) is 24.9 Å². The number of esters is 1. The van der Waals surface area contributed by atoms with Crippen molar-refractivity contribution < 1.29 is 14.3 Å². The van der Waals surface area contributed by atoms with Gasteiger partial charge < -0.3 is 9.64 Å². The standard InChI is InChI=1S/C25H29NO3/c1-3-29-24(27)14-22-21-11-17(2)9-10-20(21)12-19-13-23(22)25(28)26(16-19)15-18-7-5-4-6-8-18/h4-11,19,22-23H,3,12-16H2,1-2H3/t19-,22+,23-/m1/s1. The van der Waals surface area contributed by atoms with Crippen LogP contribution in [-0.2, 0) is 27.3 Å². The summed E-state index contributed by atoms with van der Waals surface area (Å²) in [5.41, 5.74) is 4.77. The van der Waals surface area contributed by atoms with Crippen LogP contribution in [0.3, 0.4) is 0 Å². The second-order valence-electron chi connectivity index (χ2n) is 8.43. The summed E-state index contributed by atoms with van der Waals surface area (Å²) in [7, 11) is 0. The minimum atomic E-state index is -0.212. The van der Waals surface area contributed by atoms with Gasteiger partial charge in [0.1, 0.15) is 0 Å². The van der Waals surface area contributed by atoms with Crippen LogP contribution in [0, 0.1) is 18.8 Å². The van der Waals surface area contributed by atoms with Gasteiger partial charge in [0.2, 0.25) is 5.91 Å². The average Bonchev–Trinajstić information content (AvgIpc) is 2.82. The quantitative estimate of drug-likeness (QED) is 0.716. The molecule has 0 saturated carbocycles. The normalized spacial score (nSPS) is 23.3. The molecule has 4 heteroatoms. The van der Waals surface area contributed by atoms with E-state index in [0.29, 0.717) is 19.1 Å². The van der Waals surface area contributed by atoms with E-state index < -0.39 is 0 Å². The number of carbonyl (C=O) groups excluding carboxylic acids is 2. The highest BCUT2D eigenvalue weighted by Crippen LogP contribution is 2.43. The highest BCUT2D eigenvalue weighted by Gasteiger charge is 2.43. The van der Waals surface area contributed by atoms with Crippen molar-refractivity contribution in [3.8, 4) is 0 Å². The lowest BCUT2D eigenvalue weighted by molar-refractivity contribution is -0.146. The Morgan fingerprint density at radius 1 is 1.17 bits per heavy atom. The first-order valence-corrected chi connectivity index (χ1v) is 10.6. The first-order chi connectivity index (χ1) is 14.0. The van der Waals surface area contributed by atoms with E-state index in [-0.39, 0.29) is 30.1 Å². The third kappa shape index (κ3) is 4.21. The van der Waals surface area contributed by atoms with Crippen LogP contribution in [0.1, 0.15) is 47.9 Å². The minimum absolute atomic E-state index is 0.111. The molecule has 0 N–H and O–H groups in total. The Bertz CT molecular complexity index is 892. The zero-order valence-corrected chi connectivity index (χ0v) is 17.3. The van der Waals surface area contributed by atoms with Crippen LogP contribution < -0.4 is 0 Å². The molecule has 2 aromatic carbocycles. The molecule has 29 heavy (non-hydrogen) atoms. The molecule has 1 saturated heterocycles. The van der Waals surface area contributed by atoms with Gasteiger partial charge in [-0.15, -0.1) is 0 Å². The van der Waals surface area contributed by atoms with Crippen LogP contribution in [0.2, 0.25) is 0 Å². The molecule has 0 radical (unpaired) electrons. The zero-order chi connectivity index (χ0) is 20.4. The van der Waals surface area contributed by atoms with Crippen molar-refractivity contribution in [1.29, 1.82) is 0 Å². The molecule has 1 aliphatic heterocycles.